The van der Waals surface area contributed by atoms with Gasteiger partial charge in [0.2, 0.25) is 0 Å². The summed E-state index contributed by atoms with van der Waals surface area (Å²) in [5.41, 5.74) is 0.900. The second-order valence-corrected chi connectivity index (χ2v) is 6.21. The lowest BCUT2D eigenvalue weighted by molar-refractivity contribution is 0.286. The third-order valence-electron chi connectivity index (χ3n) is 4.87. The van der Waals surface area contributed by atoms with Gasteiger partial charge in [-0.15, -0.1) is 0 Å². The van der Waals surface area contributed by atoms with E-state index in [1.165, 1.54) is 38.2 Å². The van der Waals surface area contributed by atoms with E-state index in [0.29, 0.717) is 29.3 Å². The summed E-state index contributed by atoms with van der Waals surface area (Å²) >= 11 is 0. The van der Waals surface area contributed by atoms with Gasteiger partial charge in [0.1, 0.15) is 5.82 Å². The minimum Gasteiger partial charge on any atom is -0.380 e. The summed E-state index contributed by atoms with van der Waals surface area (Å²) in [7, 11) is 0. The van der Waals surface area contributed by atoms with Crippen molar-refractivity contribution in [2.45, 2.75) is 50.6 Å². The topological polar surface area (TPSA) is 47.9 Å². The number of piperidine rings is 1. The highest BCUT2D eigenvalue weighted by Gasteiger charge is 2.34. The number of nitrogens with zero attached hydrogens (tertiary/aromatic N) is 1. The van der Waals surface area contributed by atoms with E-state index in [-0.39, 0.29) is 5.82 Å². The van der Waals surface area contributed by atoms with Crippen molar-refractivity contribution in [2.24, 2.45) is 5.92 Å². The van der Waals surface area contributed by atoms with Gasteiger partial charge >= 0.3 is 0 Å². The van der Waals surface area contributed by atoms with Crippen LogP contribution in [0.5, 0.6) is 0 Å². The Hall–Kier alpha value is -1.60. The lowest BCUT2D eigenvalue weighted by Crippen LogP contribution is -2.44. The number of hydrogen-bond donors (Lipinski definition) is 2. The zero-order valence-electron chi connectivity index (χ0n) is 12.2. The van der Waals surface area contributed by atoms with Gasteiger partial charge in [0.15, 0.2) is 0 Å². The fraction of sp³-hybridized carbons (Fsp3) is 0.588. The first-order valence-electron chi connectivity index (χ1n) is 7.97. The van der Waals surface area contributed by atoms with E-state index >= 15 is 0 Å². The van der Waals surface area contributed by atoms with Gasteiger partial charge < -0.3 is 10.6 Å². The Bertz CT molecular complexity index is 531. The van der Waals surface area contributed by atoms with Crippen LogP contribution in [0.1, 0.15) is 44.1 Å². The average Bonchev–Trinajstić information content (AvgIpc) is 2.98. The molecule has 2 aliphatic rings. The molecule has 1 heterocycles. The Morgan fingerprint density at radius 3 is 2.81 bits per heavy atom. The van der Waals surface area contributed by atoms with Crippen LogP contribution in [-0.4, -0.2) is 18.6 Å². The number of nitrogens with one attached hydrogen (secondary N) is 2. The SMILES string of the molecule is N#Cc1ccc(NC2CCCC2C2CCCCN2)c(F)c1. The minimum absolute atomic E-state index is 0.323. The van der Waals surface area contributed by atoms with E-state index in [4.69, 9.17) is 5.26 Å². The first-order valence-corrected chi connectivity index (χ1v) is 7.97. The molecule has 3 rings (SSSR count). The van der Waals surface area contributed by atoms with Crippen molar-refractivity contribution < 1.29 is 4.39 Å². The first-order chi connectivity index (χ1) is 10.3. The van der Waals surface area contributed by atoms with Crippen molar-refractivity contribution in [1.82, 2.24) is 5.32 Å². The maximum atomic E-state index is 14.0. The molecule has 0 aromatic heterocycles. The van der Waals surface area contributed by atoms with Crippen LogP contribution in [0, 0.1) is 23.1 Å². The smallest absolute Gasteiger partial charge is 0.147 e. The Morgan fingerprint density at radius 1 is 1.19 bits per heavy atom. The molecule has 1 aliphatic heterocycles. The fourth-order valence-corrected chi connectivity index (χ4v) is 3.80. The van der Waals surface area contributed by atoms with Crippen LogP contribution in [0.25, 0.3) is 0 Å². The summed E-state index contributed by atoms with van der Waals surface area (Å²) in [6.45, 7) is 1.11. The molecule has 2 fully saturated rings. The molecule has 112 valence electrons. The van der Waals surface area contributed by atoms with Crippen molar-refractivity contribution in [3.8, 4) is 6.07 Å². The Balaban J connectivity index is 1.70. The number of halogens is 1. The van der Waals surface area contributed by atoms with E-state index in [0.717, 1.165) is 13.0 Å². The average molecular weight is 287 g/mol. The first kappa shape index (κ1) is 14.3. The molecular weight excluding hydrogens is 265 g/mol. The largest absolute Gasteiger partial charge is 0.380 e. The van der Waals surface area contributed by atoms with E-state index in [2.05, 4.69) is 10.6 Å². The lowest BCUT2D eigenvalue weighted by atomic mass is 9.88. The van der Waals surface area contributed by atoms with Crippen LogP contribution in [0.3, 0.4) is 0 Å². The minimum atomic E-state index is -0.323. The molecule has 0 amide bonds. The van der Waals surface area contributed by atoms with Crippen molar-refractivity contribution >= 4 is 5.69 Å². The second kappa shape index (κ2) is 6.44. The summed E-state index contributed by atoms with van der Waals surface area (Å²) < 4.78 is 14.0. The predicted octanol–water partition coefficient (Wildman–Crippen LogP) is 3.42. The van der Waals surface area contributed by atoms with Crippen molar-refractivity contribution in [1.29, 1.82) is 5.26 Å². The summed E-state index contributed by atoms with van der Waals surface area (Å²) in [5, 5.41) is 15.8. The molecular formula is C17H22FN3. The third-order valence-corrected chi connectivity index (χ3v) is 4.87. The molecule has 0 bridgehead atoms. The number of hydrogen-bond acceptors (Lipinski definition) is 3. The molecule has 1 aliphatic carbocycles. The number of nitriles is 1. The molecule has 1 aromatic rings. The molecule has 3 nitrogen and oxygen atoms in total. The normalized spacial score (nSPS) is 29.0. The third kappa shape index (κ3) is 3.19. The summed E-state index contributed by atoms with van der Waals surface area (Å²) in [6.07, 6.45) is 7.32. The zero-order chi connectivity index (χ0) is 14.7. The molecule has 1 saturated carbocycles. The quantitative estimate of drug-likeness (QED) is 0.895. The molecule has 0 spiro atoms. The zero-order valence-corrected chi connectivity index (χ0v) is 12.2. The fourth-order valence-electron chi connectivity index (χ4n) is 3.80. The van der Waals surface area contributed by atoms with E-state index in [1.54, 1.807) is 12.1 Å². The van der Waals surface area contributed by atoms with Crippen LogP contribution in [0.15, 0.2) is 18.2 Å². The van der Waals surface area contributed by atoms with Crippen LogP contribution >= 0.6 is 0 Å². The highest BCUT2D eigenvalue weighted by molar-refractivity contribution is 5.49. The van der Waals surface area contributed by atoms with Gasteiger partial charge in [0.25, 0.3) is 0 Å². The summed E-state index contributed by atoms with van der Waals surface area (Å²) in [5.74, 6) is 0.261. The highest BCUT2D eigenvalue weighted by atomic mass is 19.1. The highest BCUT2D eigenvalue weighted by Crippen LogP contribution is 2.34. The van der Waals surface area contributed by atoms with Gasteiger partial charge in [0.05, 0.1) is 17.3 Å². The number of benzene rings is 1. The maximum absolute atomic E-state index is 14.0. The van der Waals surface area contributed by atoms with Crippen molar-refractivity contribution in [3.05, 3.63) is 29.6 Å². The maximum Gasteiger partial charge on any atom is 0.147 e. The van der Waals surface area contributed by atoms with Gasteiger partial charge in [0, 0.05) is 12.1 Å². The van der Waals surface area contributed by atoms with Crippen molar-refractivity contribution in [2.75, 3.05) is 11.9 Å². The van der Waals surface area contributed by atoms with Crippen LogP contribution in [-0.2, 0) is 0 Å². The molecule has 2 N–H and O–H groups in total. The Kier molecular flexibility index (Phi) is 4.40. The molecule has 21 heavy (non-hydrogen) atoms. The number of rotatable bonds is 3. The van der Waals surface area contributed by atoms with E-state index in [1.807, 2.05) is 6.07 Å². The number of anilines is 1. The van der Waals surface area contributed by atoms with Crippen molar-refractivity contribution in [3.63, 3.8) is 0 Å². The summed E-state index contributed by atoms with van der Waals surface area (Å²) in [4.78, 5) is 0. The van der Waals surface area contributed by atoms with Crippen LogP contribution in [0.4, 0.5) is 10.1 Å². The Labute approximate surface area is 125 Å². The summed E-state index contributed by atoms with van der Waals surface area (Å²) in [6, 6.07) is 7.55. The van der Waals surface area contributed by atoms with Gasteiger partial charge in [-0.3, -0.25) is 0 Å². The molecule has 3 atom stereocenters. The molecule has 1 saturated heterocycles. The monoisotopic (exact) mass is 287 g/mol. The molecule has 3 unspecified atom stereocenters. The van der Waals surface area contributed by atoms with Gasteiger partial charge in [-0.1, -0.05) is 12.8 Å². The molecule has 4 heteroatoms. The van der Waals surface area contributed by atoms with Gasteiger partial charge in [-0.05, 0) is 56.3 Å². The van der Waals surface area contributed by atoms with E-state index in [9.17, 15) is 4.39 Å². The van der Waals surface area contributed by atoms with Crippen LogP contribution in [0.2, 0.25) is 0 Å². The molecule has 0 radical (unpaired) electrons. The van der Waals surface area contributed by atoms with Gasteiger partial charge in [-0.2, -0.15) is 5.26 Å². The molecule has 1 aromatic carbocycles. The Morgan fingerprint density at radius 2 is 2.10 bits per heavy atom. The van der Waals surface area contributed by atoms with Gasteiger partial charge in [-0.25, -0.2) is 4.39 Å². The lowest BCUT2D eigenvalue weighted by Gasteiger charge is -2.33. The standard InChI is InChI=1S/C17H22FN3/c18-14-10-12(11-19)7-8-17(14)21-16-6-3-4-13(16)15-5-1-2-9-20-15/h7-8,10,13,15-16,20-21H,1-6,9H2. The van der Waals surface area contributed by atoms with E-state index < -0.39 is 0 Å². The predicted molar refractivity (Wildman–Crippen MR) is 81.5 cm³/mol. The second-order valence-electron chi connectivity index (χ2n) is 6.21. The van der Waals surface area contributed by atoms with Crippen LogP contribution < -0.4 is 10.6 Å².